The van der Waals surface area contributed by atoms with Crippen LogP contribution in [0.5, 0.6) is 0 Å². The highest BCUT2D eigenvalue weighted by Gasteiger charge is 2.28. The van der Waals surface area contributed by atoms with Gasteiger partial charge in [-0.25, -0.2) is 4.79 Å². The monoisotopic (exact) mass is 185 g/mol. The van der Waals surface area contributed by atoms with Crippen LogP contribution in [0.2, 0.25) is 0 Å². The molecule has 1 aliphatic carbocycles. The Morgan fingerprint density at radius 2 is 2.23 bits per heavy atom. The lowest BCUT2D eigenvalue weighted by atomic mass is 9.99. The zero-order valence-corrected chi connectivity index (χ0v) is 7.84. The molecule has 1 aliphatic rings. The number of rotatable bonds is 2. The second-order valence-electron chi connectivity index (χ2n) is 3.24. The molecule has 4 heteroatoms. The van der Waals surface area contributed by atoms with Gasteiger partial charge in [0.25, 0.3) is 0 Å². The highest BCUT2D eigenvalue weighted by atomic mass is 16.7. The van der Waals surface area contributed by atoms with Crippen LogP contribution < -0.4 is 5.48 Å². The molecule has 0 saturated heterocycles. The Balaban J connectivity index is 2.53. The molecule has 1 rings (SSSR count). The molecule has 1 unspecified atom stereocenters. The Hall–Kier alpha value is -0.900. The van der Waals surface area contributed by atoms with Gasteiger partial charge in [-0.2, -0.15) is 5.48 Å². The van der Waals surface area contributed by atoms with E-state index < -0.39 is 11.9 Å². The smallest absolute Gasteiger partial charge is 0.335 e. The molecule has 0 bridgehead atoms. The highest BCUT2D eigenvalue weighted by molar-refractivity contribution is 5.98. The molecule has 0 amide bonds. The zero-order valence-electron chi connectivity index (χ0n) is 7.84. The van der Waals surface area contributed by atoms with E-state index in [1.165, 1.54) is 7.05 Å². The summed E-state index contributed by atoms with van der Waals surface area (Å²) < 4.78 is 0. The summed E-state index contributed by atoms with van der Waals surface area (Å²) in [6.07, 6.45) is 4.04. The van der Waals surface area contributed by atoms with Gasteiger partial charge in [0.1, 0.15) is 11.7 Å². The van der Waals surface area contributed by atoms with Crippen molar-refractivity contribution in [1.82, 2.24) is 5.48 Å². The average molecular weight is 185 g/mol. The molecule has 1 saturated carbocycles. The summed E-state index contributed by atoms with van der Waals surface area (Å²) in [7, 11) is 1.51. The van der Waals surface area contributed by atoms with Crippen molar-refractivity contribution in [3.05, 3.63) is 0 Å². The third kappa shape index (κ3) is 2.81. The maximum atomic E-state index is 11.4. The van der Waals surface area contributed by atoms with Crippen LogP contribution in [0.15, 0.2) is 0 Å². The van der Waals surface area contributed by atoms with Crippen molar-refractivity contribution < 1.29 is 14.4 Å². The van der Waals surface area contributed by atoms with E-state index in [2.05, 4.69) is 10.3 Å². The first-order valence-electron chi connectivity index (χ1n) is 4.66. The molecule has 1 N–H and O–H groups in total. The topological polar surface area (TPSA) is 55.4 Å². The van der Waals surface area contributed by atoms with E-state index >= 15 is 0 Å². The van der Waals surface area contributed by atoms with Crippen LogP contribution in [0.4, 0.5) is 0 Å². The van der Waals surface area contributed by atoms with E-state index in [4.69, 9.17) is 0 Å². The van der Waals surface area contributed by atoms with Crippen LogP contribution >= 0.6 is 0 Å². The van der Waals surface area contributed by atoms with Crippen molar-refractivity contribution in [3.63, 3.8) is 0 Å². The minimum Gasteiger partial charge on any atom is -0.370 e. The number of hydrogen-bond donors (Lipinski definition) is 1. The maximum Gasteiger partial charge on any atom is 0.335 e. The Bertz CT molecular complexity index is 203. The number of hydroxylamine groups is 1. The van der Waals surface area contributed by atoms with E-state index in [9.17, 15) is 9.59 Å². The van der Waals surface area contributed by atoms with Crippen LogP contribution in [0.1, 0.15) is 32.1 Å². The van der Waals surface area contributed by atoms with Crippen LogP contribution in [0.25, 0.3) is 0 Å². The third-order valence-corrected chi connectivity index (χ3v) is 2.29. The Kier molecular flexibility index (Phi) is 3.89. The first-order valence-corrected chi connectivity index (χ1v) is 4.66. The van der Waals surface area contributed by atoms with Crippen molar-refractivity contribution in [2.45, 2.75) is 32.1 Å². The molecule has 0 aromatic carbocycles. The molecule has 1 fully saturated rings. The second-order valence-corrected chi connectivity index (χ2v) is 3.24. The van der Waals surface area contributed by atoms with E-state index in [0.717, 1.165) is 19.3 Å². The molecular weight excluding hydrogens is 170 g/mol. The summed E-state index contributed by atoms with van der Waals surface area (Å²) >= 11 is 0. The fourth-order valence-electron chi connectivity index (χ4n) is 1.58. The summed E-state index contributed by atoms with van der Waals surface area (Å²) in [5, 5.41) is 0. The molecule has 13 heavy (non-hydrogen) atoms. The summed E-state index contributed by atoms with van der Waals surface area (Å²) in [4.78, 5) is 27.3. The van der Waals surface area contributed by atoms with E-state index in [0.29, 0.717) is 12.8 Å². The lowest BCUT2D eigenvalue weighted by Crippen LogP contribution is -2.28. The number of ketones is 1. The number of hydrogen-bond acceptors (Lipinski definition) is 4. The van der Waals surface area contributed by atoms with Crippen LogP contribution in [0, 0.1) is 5.92 Å². The molecule has 0 aliphatic heterocycles. The number of Topliss-reactive ketones (excluding diaryl/α,β-unsaturated/α-hetero) is 1. The summed E-state index contributed by atoms with van der Waals surface area (Å²) in [6.45, 7) is 0. The normalized spacial score (nSPS) is 23.8. The lowest BCUT2D eigenvalue weighted by Gasteiger charge is -2.10. The Labute approximate surface area is 77.6 Å². The van der Waals surface area contributed by atoms with Crippen molar-refractivity contribution in [2.24, 2.45) is 5.92 Å². The van der Waals surface area contributed by atoms with Crippen LogP contribution in [-0.2, 0) is 14.4 Å². The maximum absolute atomic E-state index is 11.4. The Morgan fingerprint density at radius 3 is 2.92 bits per heavy atom. The number of carbonyl (C=O) groups is 2. The van der Waals surface area contributed by atoms with Gasteiger partial charge in [0.15, 0.2) is 0 Å². The fraction of sp³-hybridized carbons (Fsp3) is 0.778. The summed E-state index contributed by atoms with van der Waals surface area (Å²) in [5.41, 5.74) is 2.30. The van der Waals surface area contributed by atoms with Crippen LogP contribution in [-0.4, -0.2) is 18.8 Å². The van der Waals surface area contributed by atoms with E-state index in [1.54, 1.807) is 0 Å². The lowest BCUT2D eigenvalue weighted by molar-refractivity contribution is -0.157. The standard InChI is InChI=1S/C9H15NO3/c1-10-13-9(12)7-5-3-2-4-6-8(7)11/h7,10H,2-6H2,1H3. The van der Waals surface area contributed by atoms with E-state index in [1.807, 2.05) is 0 Å². The van der Waals surface area contributed by atoms with Gasteiger partial charge in [-0.1, -0.05) is 12.8 Å². The van der Waals surface area contributed by atoms with Gasteiger partial charge >= 0.3 is 5.97 Å². The minimum absolute atomic E-state index is 0.0257. The van der Waals surface area contributed by atoms with Crippen LogP contribution in [0.3, 0.4) is 0 Å². The van der Waals surface area contributed by atoms with Gasteiger partial charge in [0.2, 0.25) is 0 Å². The Morgan fingerprint density at radius 1 is 1.46 bits per heavy atom. The largest absolute Gasteiger partial charge is 0.370 e. The third-order valence-electron chi connectivity index (χ3n) is 2.29. The summed E-state index contributed by atoms with van der Waals surface area (Å²) in [6, 6.07) is 0. The molecule has 4 nitrogen and oxygen atoms in total. The molecule has 1 atom stereocenters. The van der Waals surface area contributed by atoms with Gasteiger partial charge in [-0.3, -0.25) is 4.79 Å². The van der Waals surface area contributed by atoms with Crippen molar-refractivity contribution in [1.29, 1.82) is 0 Å². The molecular formula is C9H15NO3. The highest BCUT2D eigenvalue weighted by Crippen LogP contribution is 2.20. The van der Waals surface area contributed by atoms with Gasteiger partial charge in [0.05, 0.1) is 0 Å². The number of nitrogens with one attached hydrogen (secondary N) is 1. The SMILES string of the molecule is CNOC(=O)C1CCCCCC1=O. The molecule has 0 spiro atoms. The average Bonchev–Trinajstić information content (AvgIpc) is 2.30. The van der Waals surface area contributed by atoms with Crippen molar-refractivity contribution in [2.75, 3.05) is 7.05 Å². The molecule has 0 radical (unpaired) electrons. The zero-order chi connectivity index (χ0) is 9.68. The predicted molar refractivity (Wildman–Crippen MR) is 46.7 cm³/mol. The molecule has 0 heterocycles. The number of carbonyl (C=O) groups excluding carboxylic acids is 2. The molecule has 0 aromatic heterocycles. The first-order chi connectivity index (χ1) is 6.25. The van der Waals surface area contributed by atoms with Gasteiger partial charge in [0, 0.05) is 13.5 Å². The van der Waals surface area contributed by atoms with E-state index in [-0.39, 0.29) is 5.78 Å². The van der Waals surface area contributed by atoms with Gasteiger partial charge < -0.3 is 4.84 Å². The first kappa shape index (κ1) is 10.2. The van der Waals surface area contributed by atoms with Crippen molar-refractivity contribution >= 4 is 11.8 Å². The molecule has 74 valence electrons. The minimum atomic E-state index is -0.532. The van der Waals surface area contributed by atoms with Gasteiger partial charge in [-0.05, 0) is 12.8 Å². The van der Waals surface area contributed by atoms with Crippen molar-refractivity contribution in [3.8, 4) is 0 Å². The fourth-order valence-corrected chi connectivity index (χ4v) is 1.58. The summed E-state index contributed by atoms with van der Waals surface area (Å²) in [5.74, 6) is -0.943. The predicted octanol–water partition coefficient (Wildman–Crippen LogP) is 0.813. The van der Waals surface area contributed by atoms with Gasteiger partial charge in [-0.15, -0.1) is 0 Å². The quantitative estimate of drug-likeness (QED) is 0.393. The second kappa shape index (κ2) is 4.97. The molecule has 0 aromatic rings.